The van der Waals surface area contributed by atoms with Crippen LogP contribution in [0.25, 0.3) is 0 Å². The molecule has 1 saturated heterocycles. The Morgan fingerprint density at radius 2 is 2.00 bits per heavy atom. The van der Waals surface area contributed by atoms with Crippen molar-refractivity contribution in [1.82, 2.24) is 4.31 Å². The molecule has 2 atom stereocenters. The van der Waals surface area contributed by atoms with Crippen LogP contribution >= 0.6 is 0 Å². The number of amides is 1. The molecular formula is C14H20N2O7S2. The molecule has 11 heteroatoms. The van der Waals surface area contributed by atoms with E-state index in [1.54, 1.807) is 0 Å². The SMILES string of the molecule is COc1ccc(NC(C)=O)cc1S(=O)(=O)N(C)[C@H]1CS(=O)(=O)C[C@H]1O. The van der Waals surface area contributed by atoms with E-state index in [1.807, 2.05) is 0 Å². The largest absolute Gasteiger partial charge is 0.495 e. The summed E-state index contributed by atoms with van der Waals surface area (Å²) in [5, 5.41) is 12.4. The van der Waals surface area contributed by atoms with Gasteiger partial charge in [-0.25, -0.2) is 16.8 Å². The highest BCUT2D eigenvalue weighted by Crippen LogP contribution is 2.31. The predicted molar refractivity (Wildman–Crippen MR) is 90.7 cm³/mol. The second-order valence-electron chi connectivity index (χ2n) is 5.78. The molecule has 0 aromatic heterocycles. The maximum atomic E-state index is 12.9. The smallest absolute Gasteiger partial charge is 0.246 e. The molecular weight excluding hydrogens is 372 g/mol. The van der Waals surface area contributed by atoms with Crippen LogP contribution in [0.5, 0.6) is 5.75 Å². The maximum absolute atomic E-state index is 12.9. The van der Waals surface area contributed by atoms with Crippen LogP contribution in [-0.4, -0.2) is 70.0 Å². The minimum atomic E-state index is -4.17. The van der Waals surface area contributed by atoms with Gasteiger partial charge in [0, 0.05) is 19.7 Å². The van der Waals surface area contributed by atoms with Crippen molar-refractivity contribution in [3.8, 4) is 5.75 Å². The van der Waals surface area contributed by atoms with Gasteiger partial charge >= 0.3 is 0 Å². The Labute approximate surface area is 146 Å². The molecule has 0 radical (unpaired) electrons. The van der Waals surface area contributed by atoms with Crippen LogP contribution in [0.15, 0.2) is 23.1 Å². The summed E-state index contributed by atoms with van der Waals surface area (Å²) in [7, 11) is -5.19. The van der Waals surface area contributed by atoms with Crippen molar-refractivity contribution < 1.29 is 31.5 Å². The van der Waals surface area contributed by atoms with Crippen molar-refractivity contribution in [3.05, 3.63) is 18.2 Å². The van der Waals surface area contributed by atoms with Gasteiger partial charge in [0.15, 0.2) is 9.84 Å². The van der Waals surface area contributed by atoms with Crippen LogP contribution < -0.4 is 10.1 Å². The molecule has 25 heavy (non-hydrogen) atoms. The standard InChI is InChI=1S/C14H20N2O7S2/c1-9(17)15-10-4-5-13(23-3)14(6-10)25(21,22)16(2)11-7-24(19,20)8-12(11)18/h4-6,11-12,18H,7-8H2,1-3H3,(H,15,17)/t11-,12+/m0/s1. The van der Waals surface area contributed by atoms with Crippen LogP contribution in [0.2, 0.25) is 0 Å². The highest BCUT2D eigenvalue weighted by Gasteiger charge is 2.43. The summed E-state index contributed by atoms with van der Waals surface area (Å²) in [5.41, 5.74) is 0.250. The number of ether oxygens (including phenoxy) is 1. The zero-order valence-electron chi connectivity index (χ0n) is 14.0. The zero-order chi connectivity index (χ0) is 19.0. The third-order valence-electron chi connectivity index (χ3n) is 3.90. The second-order valence-corrected chi connectivity index (χ2v) is 9.90. The molecule has 2 N–H and O–H groups in total. The zero-order valence-corrected chi connectivity index (χ0v) is 15.6. The number of likely N-dealkylation sites (N-methyl/N-ethyl adjacent to an activating group) is 1. The number of sulfonamides is 1. The summed E-state index contributed by atoms with van der Waals surface area (Å²) in [4.78, 5) is 10.9. The summed E-state index contributed by atoms with van der Waals surface area (Å²) in [5.74, 6) is -1.28. The first kappa shape index (κ1) is 19.6. The Morgan fingerprint density at radius 3 is 2.48 bits per heavy atom. The number of nitrogens with zero attached hydrogens (tertiary/aromatic N) is 1. The first-order chi connectivity index (χ1) is 11.5. The predicted octanol–water partition coefficient (Wildman–Crippen LogP) is -0.568. The van der Waals surface area contributed by atoms with E-state index in [-0.39, 0.29) is 22.2 Å². The average Bonchev–Trinajstić information content (AvgIpc) is 2.78. The number of hydrogen-bond donors (Lipinski definition) is 2. The summed E-state index contributed by atoms with van der Waals surface area (Å²) in [6, 6.07) is 2.99. The molecule has 0 aliphatic carbocycles. The summed E-state index contributed by atoms with van der Waals surface area (Å²) in [6.45, 7) is 1.28. The minimum absolute atomic E-state index is 0.0382. The number of anilines is 1. The third kappa shape index (κ3) is 4.11. The molecule has 0 unspecified atom stereocenters. The number of carbonyl (C=O) groups excluding carboxylic acids is 1. The molecule has 1 aromatic rings. The van der Waals surface area contributed by atoms with Gasteiger partial charge in [-0.2, -0.15) is 4.31 Å². The van der Waals surface area contributed by atoms with Crippen LogP contribution in [0, 0.1) is 0 Å². The molecule has 2 rings (SSSR count). The average molecular weight is 392 g/mol. The minimum Gasteiger partial charge on any atom is -0.495 e. The number of aliphatic hydroxyl groups excluding tert-OH is 1. The van der Waals surface area contributed by atoms with Gasteiger partial charge in [0.05, 0.1) is 30.8 Å². The fraction of sp³-hybridized carbons (Fsp3) is 0.500. The van der Waals surface area contributed by atoms with Crippen LogP contribution in [0.4, 0.5) is 5.69 Å². The molecule has 1 fully saturated rings. The Kier molecular flexibility index (Phi) is 5.42. The number of aliphatic hydroxyl groups is 1. The van der Waals surface area contributed by atoms with Crippen molar-refractivity contribution in [2.75, 3.05) is 31.0 Å². The quantitative estimate of drug-likeness (QED) is 0.686. The number of sulfone groups is 1. The van der Waals surface area contributed by atoms with Crippen LogP contribution in [0.1, 0.15) is 6.92 Å². The van der Waals surface area contributed by atoms with Gasteiger partial charge in [-0.1, -0.05) is 0 Å². The molecule has 1 heterocycles. The van der Waals surface area contributed by atoms with E-state index in [2.05, 4.69) is 5.32 Å². The Bertz CT molecular complexity index is 880. The fourth-order valence-corrected chi connectivity index (χ4v) is 6.15. The van der Waals surface area contributed by atoms with E-state index in [0.717, 1.165) is 4.31 Å². The van der Waals surface area contributed by atoms with Gasteiger partial charge in [0.25, 0.3) is 0 Å². The number of methoxy groups -OCH3 is 1. The van der Waals surface area contributed by atoms with Crippen LogP contribution in [0.3, 0.4) is 0 Å². The molecule has 1 aliphatic rings. The van der Waals surface area contributed by atoms with Gasteiger partial charge < -0.3 is 15.2 Å². The monoisotopic (exact) mass is 392 g/mol. The molecule has 9 nitrogen and oxygen atoms in total. The number of nitrogens with one attached hydrogen (secondary N) is 1. The van der Waals surface area contributed by atoms with Gasteiger partial charge in [0.2, 0.25) is 15.9 Å². The lowest BCUT2D eigenvalue weighted by Gasteiger charge is -2.26. The van der Waals surface area contributed by atoms with E-state index >= 15 is 0 Å². The first-order valence-corrected chi connectivity index (χ1v) is 10.6. The number of benzene rings is 1. The lowest BCUT2D eigenvalue weighted by atomic mass is 10.2. The number of carbonyl (C=O) groups is 1. The lowest BCUT2D eigenvalue weighted by Crippen LogP contribution is -2.44. The van der Waals surface area contributed by atoms with Gasteiger partial charge in [-0.3, -0.25) is 4.79 Å². The second kappa shape index (κ2) is 6.90. The highest BCUT2D eigenvalue weighted by atomic mass is 32.2. The van der Waals surface area contributed by atoms with E-state index in [1.165, 1.54) is 39.3 Å². The maximum Gasteiger partial charge on any atom is 0.246 e. The third-order valence-corrected chi connectivity index (χ3v) is 7.50. The number of rotatable bonds is 5. The normalized spacial score (nSPS) is 22.8. The number of hydrogen-bond acceptors (Lipinski definition) is 7. The van der Waals surface area contributed by atoms with Gasteiger partial charge in [-0.15, -0.1) is 0 Å². The van der Waals surface area contributed by atoms with Gasteiger partial charge in [0.1, 0.15) is 10.6 Å². The van der Waals surface area contributed by atoms with Gasteiger partial charge in [-0.05, 0) is 18.2 Å². The van der Waals surface area contributed by atoms with E-state index in [0.29, 0.717) is 0 Å². The van der Waals surface area contributed by atoms with Crippen molar-refractivity contribution in [3.63, 3.8) is 0 Å². The fourth-order valence-electron chi connectivity index (χ4n) is 2.65. The molecule has 0 bridgehead atoms. The van der Waals surface area contributed by atoms with E-state index < -0.39 is 43.5 Å². The van der Waals surface area contributed by atoms with Crippen molar-refractivity contribution in [2.45, 2.75) is 24.0 Å². The van der Waals surface area contributed by atoms with Crippen molar-refractivity contribution in [2.24, 2.45) is 0 Å². The summed E-state index contributed by atoms with van der Waals surface area (Å²) in [6.07, 6.45) is -1.31. The molecule has 140 valence electrons. The molecule has 1 amide bonds. The Hall–Kier alpha value is -1.69. The first-order valence-electron chi connectivity index (χ1n) is 7.30. The Morgan fingerprint density at radius 1 is 1.36 bits per heavy atom. The Balaban J connectivity index is 2.46. The molecule has 1 aliphatic heterocycles. The molecule has 1 aromatic carbocycles. The summed E-state index contributed by atoms with van der Waals surface area (Å²) >= 11 is 0. The summed E-state index contributed by atoms with van der Waals surface area (Å²) < 4.78 is 55.1. The van der Waals surface area contributed by atoms with E-state index in [4.69, 9.17) is 4.74 Å². The topological polar surface area (TPSA) is 130 Å². The highest BCUT2D eigenvalue weighted by molar-refractivity contribution is 7.92. The van der Waals surface area contributed by atoms with Crippen molar-refractivity contribution >= 4 is 31.5 Å². The van der Waals surface area contributed by atoms with E-state index in [9.17, 15) is 26.7 Å². The molecule has 0 saturated carbocycles. The lowest BCUT2D eigenvalue weighted by molar-refractivity contribution is -0.114. The van der Waals surface area contributed by atoms with Crippen LogP contribution in [-0.2, 0) is 24.7 Å². The van der Waals surface area contributed by atoms with Crippen molar-refractivity contribution in [1.29, 1.82) is 0 Å². The molecule has 0 spiro atoms.